The summed E-state index contributed by atoms with van der Waals surface area (Å²) in [6.07, 6.45) is 2.22. The number of nitro benzene ring substituents is 1. The Labute approximate surface area is 173 Å². The topological polar surface area (TPSA) is 133 Å². The first kappa shape index (κ1) is 23.0. The lowest BCUT2D eigenvalue weighted by Crippen LogP contribution is -2.55. The van der Waals surface area contributed by atoms with Crippen molar-refractivity contribution in [3.8, 4) is 0 Å². The summed E-state index contributed by atoms with van der Waals surface area (Å²) >= 11 is 0. The van der Waals surface area contributed by atoms with Crippen LogP contribution in [0.25, 0.3) is 0 Å². The zero-order chi connectivity index (χ0) is 22.5. The molecule has 0 aliphatic heterocycles. The zero-order valence-electron chi connectivity index (χ0n) is 16.5. The first-order chi connectivity index (χ1) is 14.1. The van der Waals surface area contributed by atoms with Crippen LogP contribution in [0.5, 0.6) is 0 Å². The lowest BCUT2D eigenvalue weighted by atomic mass is 9.61. The molecule has 1 saturated carbocycles. The zero-order valence-corrected chi connectivity index (χ0v) is 16.5. The fraction of sp³-hybridized carbons (Fsp3) is 0.381. The number of Topliss-reactive ketones (excluding diaryl/α,β-unsaturated/α-hetero) is 1. The molecule has 1 aromatic carbocycles. The molecular weight excluding hydrogens is 394 g/mol. The van der Waals surface area contributed by atoms with Crippen LogP contribution in [0.3, 0.4) is 0 Å². The molecule has 0 radical (unpaired) electrons. The van der Waals surface area contributed by atoms with Crippen molar-refractivity contribution in [1.82, 2.24) is 0 Å². The van der Waals surface area contributed by atoms with E-state index in [0.29, 0.717) is 0 Å². The molecule has 1 fully saturated rings. The molecule has 1 aromatic rings. The smallest absolute Gasteiger partial charge is 0.317 e. The quantitative estimate of drug-likeness (QED) is 0.223. The second-order valence-corrected chi connectivity index (χ2v) is 7.17. The lowest BCUT2D eigenvalue weighted by Gasteiger charge is -2.43. The summed E-state index contributed by atoms with van der Waals surface area (Å²) in [5, 5.41) is 21.9. The molecule has 2 rings (SSSR count). The molecule has 0 amide bonds. The van der Waals surface area contributed by atoms with Crippen LogP contribution in [0.2, 0.25) is 0 Å². The Bertz CT molecular complexity index is 858. The van der Waals surface area contributed by atoms with E-state index < -0.39 is 52.4 Å². The summed E-state index contributed by atoms with van der Waals surface area (Å²) in [5.74, 6) is -6.13. The number of aliphatic hydroxyl groups is 1. The van der Waals surface area contributed by atoms with Gasteiger partial charge in [0.25, 0.3) is 5.69 Å². The van der Waals surface area contributed by atoms with Crippen molar-refractivity contribution in [1.29, 1.82) is 0 Å². The summed E-state index contributed by atoms with van der Waals surface area (Å²) < 4.78 is 10.2. The van der Waals surface area contributed by atoms with Gasteiger partial charge in [0, 0.05) is 24.5 Å². The van der Waals surface area contributed by atoms with Gasteiger partial charge in [0.2, 0.25) is 0 Å². The standard InChI is InChI=1S/C21H23NO8/c1-4-10-29-19(24)17-15(23)12-21(3,26)18(20(25)30-11-5-2)16(17)13-6-8-14(9-7-13)22(27)28/h4-9,16-18,26H,1-2,10-12H2,3H3/t16-,17+,18-,21-/m0/s1. The van der Waals surface area contributed by atoms with E-state index in [1.807, 2.05) is 0 Å². The Morgan fingerprint density at radius 1 is 1.20 bits per heavy atom. The maximum Gasteiger partial charge on any atom is 0.317 e. The van der Waals surface area contributed by atoms with Gasteiger partial charge in [-0.1, -0.05) is 37.4 Å². The predicted octanol–water partition coefficient (Wildman–Crippen LogP) is 2.09. The molecule has 0 saturated heterocycles. The number of ether oxygens (including phenoxy) is 2. The van der Waals surface area contributed by atoms with Gasteiger partial charge in [-0.15, -0.1) is 0 Å². The van der Waals surface area contributed by atoms with Gasteiger partial charge in [-0.3, -0.25) is 24.5 Å². The Morgan fingerprint density at radius 2 is 1.73 bits per heavy atom. The summed E-state index contributed by atoms with van der Waals surface area (Å²) in [6.45, 7) is 7.96. The highest BCUT2D eigenvalue weighted by atomic mass is 16.6. The Balaban J connectivity index is 2.59. The molecular formula is C21H23NO8. The predicted molar refractivity (Wildman–Crippen MR) is 105 cm³/mol. The number of hydrogen-bond acceptors (Lipinski definition) is 8. The Hall–Kier alpha value is -3.33. The first-order valence-corrected chi connectivity index (χ1v) is 9.18. The number of nitrogens with zero attached hydrogens (tertiary/aromatic N) is 1. The lowest BCUT2D eigenvalue weighted by molar-refractivity contribution is -0.384. The number of hydrogen-bond donors (Lipinski definition) is 1. The van der Waals surface area contributed by atoms with Crippen LogP contribution < -0.4 is 0 Å². The molecule has 0 unspecified atom stereocenters. The molecule has 4 atom stereocenters. The monoisotopic (exact) mass is 417 g/mol. The second kappa shape index (κ2) is 9.45. The number of non-ortho nitro benzene ring substituents is 1. The molecule has 0 spiro atoms. The summed E-state index contributed by atoms with van der Waals surface area (Å²) in [6, 6.07) is 5.08. The van der Waals surface area contributed by atoms with Crippen LogP contribution in [0.15, 0.2) is 49.6 Å². The van der Waals surface area contributed by atoms with Crippen molar-refractivity contribution < 1.29 is 33.9 Å². The van der Waals surface area contributed by atoms with E-state index in [1.165, 1.54) is 43.3 Å². The van der Waals surface area contributed by atoms with Gasteiger partial charge < -0.3 is 14.6 Å². The van der Waals surface area contributed by atoms with Gasteiger partial charge >= 0.3 is 11.9 Å². The normalized spacial score (nSPS) is 25.8. The van der Waals surface area contributed by atoms with Crippen molar-refractivity contribution in [2.75, 3.05) is 13.2 Å². The maximum absolute atomic E-state index is 12.8. The third-order valence-corrected chi connectivity index (χ3v) is 4.95. The number of rotatable bonds is 8. The second-order valence-electron chi connectivity index (χ2n) is 7.17. The van der Waals surface area contributed by atoms with Crippen LogP contribution in [0.4, 0.5) is 5.69 Å². The van der Waals surface area contributed by atoms with E-state index in [1.54, 1.807) is 0 Å². The number of ketones is 1. The van der Waals surface area contributed by atoms with Crippen molar-refractivity contribution in [2.45, 2.75) is 24.9 Å². The van der Waals surface area contributed by atoms with Gasteiger partial charge in [-0.05, 0) is 12.5 Å². The Morgan fingerprint density at radius 3 is 2.23 bits per heavy atom. The highest BCUT2D eigenvalue weighted by Gasteiger charge is 2.57. The minimum absolute atomic E-state index is 0.127. The first-order valence-electron chi connectivity index (χ1n) is 9.18. The van der Waals surface area contributed by atoms with Gasteiger partial charge in [-0.25, -0.2) is 0 Å². The minimum Gasteiger partial charge on any atom is -0.461 e. The molecule has 0 heterocycles. The number of esters is 2. The third kappa shape index (κ3) is 4.80. The van der Waals surface area contributed by atoms with Crippen molar-refractivity contribution in [3.05, 3.63) is 65.3 Å². The number of nitro groups is 1. The fourth-order valence-corrected chi connectivity index (χ4v) is 3.70. The molecule has 160 valence electrons. The van der Waals surface area contributed by atoms with E-state index in [9.17, 15) is 29.6 Å². The Kier molecular flexibility index (Phi) is 7.23. The largest absolute Gasteiger partial charge is 0.461 e. The van der Waals surface area contributed by atoms with Crippen molar-refractivity contribution in [2.24, 2.45) is 11.8 Å². The average Bonchev–Trinajstić information content (AvgIpc) is 2.69. The SMILES string of the molecule is C=CCOC(=O)[C@@H]1C(=O)C[C@](C)(O)[C@H](C(=O)OCC=C)[C@H]1c1ccc([N+](=O)[O-])cc1. The molecule has 9 nitrogen and oxygen atoms in total. The average molecular weight is 417 g/mol. The van der Waals surface area contributed by atoms with E-state index in [4.69, 9.17) is 9.47 Å². The van der Waals surface area contributed by atoms with E-state index in [0.717, 1.165) is 0 Å². The van der Waals surface area contributed by atoms with E-state index in [2.05, 4.69) is 13.2 Å². The maximum atomic E-state index is 12.8. The summed E-state index contributed by atoms with van der Waals surface area (Å²) in [7, 11) is 0. The molecule has 1 aliphatic carbocycles. The van der Waals surface area contributed by atoms with Crippen molar-refractivity contribution in [3.63, 3.8) is 0 Å². The number of carbonyl (C=O) groups is 3. The van der Waals surface area contributed by atoms with Crippen molar-refractivity contribution >= 4 is 23.4 Å². The van der Waals surface area contributed by atoms with E-state index in [-0.39, 0.29) is 24.5 Å². The van der Waals surface area contributed by atoms with Gasteiger partial charge in [0.05, 0.1) is 16.4 Å². The molecule has 0 aromatic heterocycles. The van der Waals surface area contributed by atoms with Crippen LogP contribution in [0.1, 0.15) is 24.8 Å². The highest BCUT2D eigenvalue weighted by Crippen LogP contribution is 2.47. The summed E-state index contributed by atoms with van der Waals surface area (Å²) in [5.41, 5.74) is -1.73. The van der Waals surface area contributed by atoms with Crippen LogP contribution in [0, 0.1) is 22.0 Å². The molecule has 1 aliphatic rings. The minimum atomic E-state index is -1.81. The van der Waals surface area contributed by atoms with Crippen LogP contribution in [-0.2, 0) is 23.9 Å². The molecule has 9 heteroatoms. The van der Waals surface area contributed by atoms with Gasteiger partial charge in [-0.2, -0.15) is 0 Å². The van der Waals surface area contributed by atoms with Crippen LogP contribution in [-0.4, -0.2) is 46.6 Å². The third-order valence-electron chi connectivity index (χ3n) is 4.95. The van der Waals surface area contributed by atoms with Gasteiger partial charge in [0.1, 0.15) is 19.1 Å². The van der Waals surface area contributed by atoms with Gasteiger partial charge in [0.15, 0.2) is 5.78 Å². The highest BCUT2D eigenvalue weighted by molar-refractivity contribution is 6.02. The fourth-order valence-electron chi connectivity index (χ4n) is 3.70. The van der Waals surface area contributed by atoms with E-state index >= 15 is 0 Å². The summed E-state index contributed by atoms with van der Waals surface area (Å²) in [4.78, 5) is 48.6. The molecule has 0 bridgehead atoms. The number of carbonyl (C=O) groups excluding carboxylic acids is 3. The number of benzene rings is 1. The molecule has 30 heavy (non-hydrogen) atoms. The van der Waals surface area contributed by atoms with Crippen LogP contribution >= 0.6 is 0 Å². The molecule has 1 N–H and O–H groups in total.